The molecular formula is C15H20BrNO. The average molecular weight is 310 g/mol. The van der Waals surface area contributed by atoms with Crippen LogP contribution in [-0.2, 0) is 6.54 Å². The largest absolute Gasteiger partial charge is 0.492 e. The van der Waals surface area contributed by atoms with Crippen molar-refractivity contribution in [1.29, 1.82) is 0 Å². The van der Waals surface area contributed by atoms with Crippen molar-refractivity contribution in [2.45, 2.75) is 33.2 Å². The van der Waals surface area contributed by atoms with E-state index in [0.717, 1.165) is 35.3 Å². The first-order valence-corrected chi connectivity index (χ1v) is 7.04. The van der Waals surface area contributed by atoms with Gasteiger partial charge in [0.1, 0.15) is 5.75 Å². The second-order valence-electron chi connectivity index (χ2n) is 4.19. The van der Waals surface area contributed by atoms with E-state index in [1.807, 2.05) is 0 Å². The first-order chi connectivity index (χ1) is 8.69. The molecule has 98 valence electrons. The maximum Gasteiger partial charge on any atom is 0.126 e. The Morgan fingerprint density at radius 3 is 2.89 bits per heavy atom. The van der Waals surface area contributed by atoms with Crippen LogP contribution in [0.5, 0.6) is 5.75 Å². The van der Waals surface area contributed by atoms with Crippen LogP contribution in [0.2, 0.25) is 0 Å². The number of terminal acetylenes is 1. The summed E-state index contributed by atoms with van der Waals surface area (Å²) in [6.45, 7) is 6.61. The van der Waals surface area contributed by atoms with E-state index in [1.165, 1.54) is 5.56 Å². The van der Waals surface area contributed by atoms with Crippen LogP contribution in [0.3, 0.4) is 0 Å². The van der Waals surface area contributed by atoms with Crippen molar-refractivity contribution in [1.82, 2.24) is 5.32 Å². The molecule has 1 N–H and O–H groups in total. The van der Waals surface area contributed by atoms with E-state index >= 15 is 0 Å². The molecule has 0 aliphatic carbocycles. The summed E-state index contributed by atoms with van der Waals surface area (Å²) in [6, 6.07) is 4.16. The van der Waals surface area contributed by atoms with Crippen LogP contribution in [0.1, 0.15) is 30.9 Å². The molecule has 0 aromatic heterocycles. The van der Waals surface area contributed by atoms with E-state index < -0.39 is 0 Å². The third-order valence-electron chi connectivity index (χ3n) is 2.55. The number of benzene rings is 1. The molecule has 0 amide bonds. The fourth-order valence-corrected chi connectivity index (χ4v) is 2.37. The van der Waals surface area contributed by atoms with Crippen LogP contribution in [0.4, 0.5) is 0 Å². The first kappa shape index (κ1) is 15.1. The standard InChI is InChI=1S/C15H20BrNO/c1-4-6-8-18-15-12(3)9-14(16)10-13(15)11-17-7-5-2/h1,9-10,17H,5-8,11H2,2-3H3. The van der Waals surface area contributed by atoms with Crippen LogP contribution >= 0.6 is 15.9 Å². The van der Waals surface area contributed by atoms with Crippen LogP contribution in [0.15, 0.2) is 16.6 Å². The highest BCUT2D eigenvalue weighted by atomic mass is 79.9. The lowest BCUT2D eigenvalue weighted by Crippen LogP contribution is -2.15. The van der Waals surface area contributed by atoms with Crippen LogP contribution in [0, 0.1) is 19.3 Å². The minimum absolute atomic E-state index is 0.569. The molecule has 0 aliphatic heterocycles. The number of hydrogen-bond acceptors (Lipinski definition) is 2. The molecule has 0 spiro atoms. The molecule has 18 heavy (non-hydrogen) atoms. The fraction of sp³-hybridized carbons (Fsp3) is 0.467. The van der Waals surface area contributed by atoms with Gasteiger partial charge in [-0.3, -0.25) is 0 Å². The lowest BCUT2D eigenvalue weighted by molar-refractivity contribution is 0.320. The SMILES string of the molecule is C#CCCOc1c(C)cc(Br)cc1CNCCC. The predicted molar refractivity (Wildman–Crippen MR) is 79.8 cm³/mol. The third kappa shape index (κ3) is 4.72. The number of nitrogens with one attached hydrogen (secondary N) is 1. The fourth-order valence-electron chi connectivity index (χ4n) is 1.75. The van der Waals surface area contributed by atoms with Gasteiger partial charge in [0.15, 0.2) is 0 Å². The van der Waals surface area contributed by atoms with Gasteiger partial charge in [-0.25, -0.2) is 0 Å². The Hall–Kier alpha value is -0.980. The Labute approximate surface area is 118 Å². The van der Waals surface area contributed by atoms with Gasteiger partial charge < -0.3 is 10.1 Å². The molecule has 0 saturated heterocycles. The van der Waals surface area contributed by atoms with Crippen LogP contribution < -0.4 is 10.1 Å². The quantitative estimate of drug-likeness (QED) is 0.613. The first-order valence-electron chi connectivity index (χ1n) is 6.25. The van der Waals surface area contributed by atoms with Crippen LogP contribution in [-0.4, -0.2) is 13.2 Å². The summed E-state index contributed by atoms with van der Waals surface area (Å²) in [7, 11) is 0. The summed E-state index contributed by atoms with van der Waals surface area (Å²) in [5, 5.41) is 3.40. The maximum absolute atomic E-state index is 5.79. The Morgan fingerprint density at radius 1 is 1.44 bits per heavy atom. The normalized spacial score (nSPS) is 10.1. The van der Waals surface area contributed by atoms with E-state index in [9.17, 15) is 0 Å². The summed E-state index contributed by atoms with van der Waals surface area (Å²) >= 11 is 3.52. The highest BCUT2D eigenvalue weighted by Crippen LogP contribution is 2.28. The smallest absolute Gasteiger partial charge is 0.126 e. The van der Waals surface area contributed by atoms with E-state index in [-0.39, 0.29) is 0 Å². The summed E-state index contributed by atoms with van der Waals surface area (Å²) in [6.07, 6.45) is 7.00. The molecule has 0 heterocycles. The van der Waals surface area contributed by atoms with Gasteiger partial charge in [0, 0.05) is 23.0 Å². The topological polar surface area (TPSA) is 21.3 Å². The Balaban J connectivity index is 2.80. The molecule has 0 unspecified atom stereocenters. The van der Waals surface area contributed by atoms with E-state index in [2.05, 4.69) is 53.1 Å². The lowest BCUT2D eigenvalue weighted by Gasteiger charge is -2.15. The number of ether oxygens (including phenoxy) is 1. The second-order valence-corrected chi connectivity index (χ2v) is 5.11. The monoisotopic (exact) mass is 309 g/mol. The van der Waals surface area contributed by atoms with Crippen LogP contribution in [0.25, 0.3) is 0 Å². The van der Waals surface area contributed by atoms with Gasteiger partial charge >= 0.3 is 0 Å². The maximum atomic E-state index is 5.79. The minimum Gasteiger partial charge on any atom is -0.492 e. The Morgan fingerprint density at radius 2 is 2.22 bits per heavy atom. The number of hydrogen-bond donors (Lipinski definition) is 1. The Kier molecular flexibility index (Phi) is 6.85. The van der Waals surface area contributed by atoms with Gasteiger partial charge in [-0.1, -0.05) is 22.9 Å². The highest BCUT2D eigenvalue weighted by molar-refractivity contribution is 9.10. The van der Waals surface area contributed by atoms with Gasteiger partial charge in [0.25, 0.3) is 0 Å². The minimum atomic E-state index is 0.569. The van der Waals surface area contributed by atoms with Crippen molar-refractivity contribution in [3.05, 3.63) is 27.7 Å². The van der Waals surface area contributed by atoms with Gasteiger partial charge in [0.2, 0.25) is 0 Å². The van der Waals surface area contributed by atoms with E-state index in [0.29, 0.717) is 13.0 Å². The van der Waals surface area contributed by atoms with Gasteiger partial charge in [-0.15, -0.1) is 12.3 Å². The zero-order valence-electron chi connectivity index (χ0n) is 11.1. The third-order valence-corrected chi connectivity index (χ3v) is 3.01. The molecule has 3 heteroatoms. The highest BCUT2D eigenvalue weighted by Gasteiger charge is 2.08. The molecule has 2 nitrogen and oxygen atoms in total. The number of aryl methyl sites for hydroxylation is 1. The van der Waals surface area contributed by atoms with Crippen molar-refractivity contribution in [2.75, 3.05) is 13.2 Å². The molecule has 0 bridgehead atoms. The zero-order valence-corrected chi connectivity index (χ0v) is 12.6. The van der Waals surface area contributed by atoms with Crippen molar-refractivity contribution < 1.29 is 4.74 Å². The number of halogens is 1. The Bertz CT molecular complexity index is 423. The van der Waals surface area contributed by atoms with Crippen molar-refractivity contribution in [3.8, 4) is 18.1 Å². The molecule has 0 radical (unpaired) electrons. The number of rotatable bonds is 7. The molecule has 0 atom stereocenters. The summed E-state index contributed by atoms with van der Waals surface area (Å²) < 4.78 is 6.87. The molecular weight excluding hydrogens is 290 g/mol. The van der Waals surface area contributed by atoms with E-state index in [1.54, 1.807) is 0 Å². The molecule has 1 aromatic rings. The van der Waals surface area contributed by atoms with E-state index in [4.69, 9.17) is 11.2 Å². The van der Waals surface area contributed by atoms with Gasteiger partial charge in [-0.2, -0.15) is 0 Å². The average Bonchev–Trinajstić information content (AvgIpc) is 2.32. The summed E-state index contributed by atoms with van der Waals surface area (Å²) in [5.74, 6) is 3.55. The van der Waals surface area contributed by atoms with Gasteiger partial charge in [0.05, 0.1) is 6.61 Å². The van der Waals surface area contributed by atoms with Crippen molar-refractivity contribution in [2.24, 2.45) is 0 Å². The summed E-state index contributed by atoms with van der Waals surface area (Å²) in [5.41, 5.74) is 2.31. The molecule has 0 fully saturated rings. The van der Waals surface area contributed by atoms with Crippen molar-refractivity contribution >= 4 is 15.9 Å². The molecule has 1 rings (SSSR count). The molecule has 0 aliphatic rings. The molecule has 1 aromatic carbocycles. The predicted octanol–water partition coefficient (Wildman–Crippen LogP) is 3.66. The summed E-state index contributed by atoms with van der Waals surface area (Å²) in [4.78, 5) is 0. The zero-order chi connectivity index (χ0) is 13.4. The second kappa shape index (κ2) is 8.18. The van der Waals surface area contributed by atoms with Crippen molar-refractivity contribution in [3.63, 3.8) is 0 Å². The van der Waals surface area contributed by atoms with Gasteiger partial charge in [-0.05, 0) is 37.6 Å². The molecule has 0 saturated carbocycles. The lowest BCUT2D eigenvalue weighted by atomic mass is 10.1.